The monoisotopic (exact) mass is 1060 g/mol. The number of aromatic nitrogens is 6. The third kappa shape index (κ3) is 13.7. The van der Waals surface area contributed by atoms with Crippen molar-refractivity contribution >= 4 is 63.9 Å². The number of likely N-dealkylation sites (tertiary alicyclic amines) is 1. The van der Waals surface area contributed by atoms with Crippen LogP contribution in [0.15, 0.2) is 84.9 Å². The van der Waals surface area contributed by atoms with Crippen molar-refractivity contribution in [2.45, 2.75) is 110 Å². The third-order valence-electron chi connectivity index (χ3n) is 13.4. The summed E-state index contributed by atoms with van der Waals surface area (Å²) in [6, 6.07) is 17.3. The van der Waals surface area contributed by atoms with Crippen LogP contribution in [0.2, 0.25) is 0 Å². The molecule has 0 radical (unpaired) electrons. The van der Waals surface area contributed by atoms with Crippen molar-refractivity contribution < 1.29 is 33.8 Å². The molecule has 5 amide bonds. The number of aryl methyl sites for hydroxylation is 2. The Bertz CT molecular complexity index is 2990. The minimum atomic E-state index is -1.47. The second-order valence-corrected chi connectivity index (χ2v) is 21.0. The highest BCUT2D eigenvalue weighted by atomic mass is 32.1. The van der Waals surface area contributed by atoms with Gasteiger partial charge in [-0.25, -0.2) is 19.9 Å². The van der Waals surface area contributed by atoms with Crippen molar-refractivity contribution in [2.24, 2.45) is 18.2 Å². The number of amides is 5. The number of thiazole rings is 1. The van der Waals surface area contributed by atoms with Crippen LogP contribution in [0.5, 0.6) is 5.75 Å². The van der Waals surface area contributed by atoms with Gasteiger partial charge in [0, 0.05) is 64.9 Å². The topological polar surface area (TPSA) is 274 Å². The predicted molar refractivity (Wildman–Crippen MR) is 292 cm³/mol. The molecule has 1 fully saturated rings. The Hall–Kier alpha value is -7.78. The van der Waals surface area contributed by atoms with E-state index in [0.717, 1.165) is 60.2 Å². The molecule has 0 bridgehead atoms. The summed E-state index contributed by atoms with van der Waals surface area (Å²) < 4.78 is 7.36. The van der Waals surface area contributed by atoms with Gasteiger partial charge in [0.05, 0.1) is 57.4 Å². The summed E-state index contributed by atoms with van der Waals surface area (Å²) >= 11 is 1.54. The van der Waals surface area contributed by atoms with Crippen LogP contribution in [0.3, 0.4) is 0 Å². The molecule has 1 saturated heterocycles. The smallest absolute Gasteiger partial charge is 0.254 e. The van der Waals surface area contributed by atoms with E-state index in [1.165, 1.54) is 24.3 Å². The van der Waals surface area contributed by atoms with Gasteiger partial charge in [-0.15, -0.1) is 11.3 Å². The molecule has 76 heavy (non-hydrogen) atoms. The lowest BCUT2D eigenvalue weighted by molar-refractivity contribution is -0.148. The fraction of sp³-hybridized carbons (Fsp3) is 0.418. The molecule has 0 aliphatic carbocycles. The first-order valence-electron chi connectivity index (χ1n) is 25.5. The van der Waals surface area contributed by atoms with Gasteiger partial charge in [-0.3, -0.25) is 28.7 Å². The van der Waals surface area contributed by atoms with E-state index in [1.807, 2.05) is 70.2 Å². The molecule has 3 atom stereocenters. The average Bonchev–Trinajstić information content (AvgIpc) is 4.13. The van der Waals surface area contributed by atoms with Crippen molar-refractivity contribution in [2.75, 3.05) is 37.9 Å². The number of aliphatic hydroxyl groups is 1. The summed E-state index contributed by atoms with van der Waals surface area (Å²) in [5.74, 6) is -0.164. The normalized spacial score (nSPS) is 15.7. The summed E-state index contributed by atoms with van der Waals surface area (Å²) in [6.07, 6.45) is 10.0. The third-order valence-corrected chi connectivity index (χ3v) is 14.4. The Labute approximate surface area is 447 Å². The molecule has 1 aliphatic rings. The summed E-state index contributed by atoms with van der Waals surface area (Å²) in [5, 5.41) is 30.3. The molecular formula is C55H69N13O7S. The minimum absolute atomic E-state index is 0.00279. The van der Waals surface area contributed by atoms with E-state index >= 15 is 0 Å². The number of carbonyl (C=O) groups is 5. The van der Waals surface area contributed by atoms with Crippen LogP contribution in [-0.2, 0) is 27.9 Å². The summed E-state index contributed by atoms with van der Waals surface area (Å²) in [4.78, 5) is 86.9. The zero-order chi connectivity index (χ0) is 54.6. The molecule has 7 rings (SSSR count). The number of carbonyl (C=O) groups excluding carboxylic acids is 5. The number of nitrogens with two attached hydrogens (primary N) is 1. The van der Waals surface area contributed by atoms with Gasteiger partial charge in [0.25, 0.3) is 11.8 Å². The lowest BCUT2D eigenvalue weighted by atomic mass is 9.82. The fourth-order valence-corrected chi connectivity index (χ4v) is 10.2. The van der Waals surface area contributed by atoms with Gasteiger partial charge in [-0.05, 0) is 60.6 Å². The van der Waals surface area contributed by atoms with Crippen molar-refractivity contribution in [1.82, 2.24) is 50.6 Å². The summed E-state index contributed by atoms with van der Waals surface area (Å²) in [6.45, 7) is 7.98. The number of anilines is 4. The number of rotatable bonds is 24. The number of pyridine rings is 2. The molecule has 0 unspecified atom stereocenters. The van der Waals surface area contributed by atoms with E-state index in [2.05, 4.69) is 51.6 Å². The largest absolute Gasteiger partial charge is 0.494 e. The maximum Gasteiger partial charge on any atom is 0.254 e. The van der Waals surface area contributed by atoms with Crippen molar-refractivity contribution in [1.29, 1.82) is 0 Å². The van der Waals surface area contributed by atoms with E-state index in [1.54, 1.807) is 60.2 Å². The molecule has 0 spiro atoms. The maximum atomic E-state index is 14.4. The number of hydrogen-bond donors (Lipinski definition) is 7. The number of benzene rings is 2. The molecule has 0 saturated carbocycles. The Kier molecular flexibility index (Phi) is 18.5. The molecule has 2 aromatic carbocycles. The van der Waals surface area contributed by atoms with Gasteiger partial charge in [0.15, 0.2) is 11.6 Å². The Morgan fingerprint density at radius 2 is 1.61 bits per heavy atom. The number of β-amino-alcohol motifs (C(OH)–C–C–N with tert-alkyl or cyclic N) is 1. The molecule has 1 aliphatic heterocycles. The highest BCUT2D eigenvalue weighted by Gasteiger charge is 2.54. The van der Waals surface area contributed by atoms with Crippen LogP contribution < -0.4 is 37.1 Å². The number of para-hydroxylation sites is 1. The lowest BCUT2D eigenvalue weighted by Gasteiger charge is -2.40. The van der Waals surface area contributed by atoms with Gasteiger partial charge in [-0.2, -0.15) is 5.10 Å². The minimum Gasteiger partial charge on any atom is -0.494 e. The maximum absolute atomic E-state index is 14.4. The zero-order valence-corrected chi connectivity index (χ0v) is 45.1. The molecule has 20 nitrogen and oxygen atoms in total. The molecular weight excluding hydrogens is 987 g/mol. The molecule has 402 valence electrons. The quantitative estimate of drug-likeness (QED) is 0.0301. The first kappa shape index (κ1) is 56.0. The predicted octanol–water partition coefficient (Wildman–Crippen LogP) is 7.00. The number of methoxy groups -OCH3 is 1. The van der Waals surface area contributed by atoms with Crippen molar-refractivity contribution in [3.05, 3.63) is 107 Å². The molecule has 8 N–H and O–H groups in total. The Morgan fingerprint density at radius 3 is 2.24 bits per heavy atom. The number of unbranched alkanes of at least 4 members (excludes halogenated alkanes) is 6. The lowest BCUT2D eigenvalue weighted by Crippen LogP contribution is -2.63. The van der Waals surface area contributed by atoms with Gasteiger partial charge in [0.1, 0.15) is 29.5 Å². The zero-order valence-electron chi connectivity index (χ0n) is 44.2. The van der Waals surface area contributed by atoms with E-state index in [0.29, 0.717) is 64.2 Å². The SMILES string of the molecule is CNC(=O)c1cnc(Nc2ccc(C(=O)NCCCCCCCCCC(=O)N[C@H](C(=O)N3C[C@H](O)C[C@@]3(Cc3ccc(-c4scnc4C)cc3)C(N)=O)C(C)(C)C)cn2)cc1Nc1cccc(-c2ncn(C)n2)c1OC. The van der Waals surface area contributed by atoms with Gasteiger partial charge in [0.2, 0.25) is 17.7 Å². The number of hydrogen-bond acceptors (Lipinski definition) is 15. The van der Waals surface area contributed by atoms with Gasteiger partial charge in [-0.1, -0.05) is 83.2 Å². The van der Waals surface area contributed by atoms with Crippen LogP contribution in [0, 0.1) is 12.3 Å². The first-order chi connectivity index (χ1) is 36.4. The van der Waals surface area contributed by atoms with Crippen molar-refractivity contribution in [3.8, 4) is 27.6 Å². The van der Waals surface area contributed by atoms with E-state index < -0.39 is 34.9 Å². The fourth-order valence-electron chi connectivity index (χ4n) is 9.38. The molecule has 4 aromatic heterocycles. The number of ether oxygens (including phenoxy) is 1. The number of nitrogens with one attached hydrogen (secondary N) is 5. The highest BCUT2D eigenvalue weighted by Crippen LogP contribution is 2.39. The second-order valence-electron chi connectivity index (χ2n) is 20.2. The standard InChI is InChI=1S/C55H69N13O7S/c1-34-47(76-33-62-34)36-21-19-35(20-22-36)27-55(53(56)74)28-38(69)31-68(55)52(73)48(54(2,3)4)65-45(70)18-13-11-9-8-10-12-14-25-58-50(71)37-23-24-43(59-29-37)64-44-26-42(40(30-60-44)51(72)57-5)63-41-17-15-16-39(46(41)75-7)49-61-32-67(6)66-49/h15-17,19-24,26,29-30,32-33,38,48,69H,8-14,18,25,27-28,31H2,1-7H3,(H2,56,74)(H,57,72)(H,58,71)(H,65,70)(H2,59,60,63,64)/t38-,48-,55+/m1/s1. The van der Waals surface area contributed by atoms with Crippen LogP contribution in [0.4, 0.5) is 23.0 Å². The Balaban J connectivity index is 0.820. The first-order valence-corrected chi connectivity index (χ1v) is 26.4. The van der Waals surface area contributed by atoms with Gasteiger partial charge >= 0.3 is 0 Å². The number of primary amides is 1. The summed E-state index contributed by atoms with van der Waals surface area (Å²) in [5.41, 5.74) is 10.8. The molecule has 21 heteroatoms. The van der Waals surface area contributed by atoms with Crippen LogP contribution in [0.1, 0.15) is 111 Å². The van der Waals surface area contributed by atoms with Crippen LogP contribution >= 0.6 is 11.3 Å². The van der Waals surface area contributed by atoms with Crippen LogP contribution in [-0.4, -0.2) is 114 Å². The number of aliphatic hydroxyl groups excluding tert-OH is 1. The van der Waals surface area contributed by atoms with Crippen molar-refractivity contribution in [3.63, 3.8) is 0 Å². The van der Waals surface area contributed by atoms with E-state index in [-0.39, 0.29) is 43.5 Å². The molecule has 6 aromatic rings. The van der Waals surface area contributed by atoms with Crippen LogP contribution in [0.25, 0.3) is 21.8 Å². The number of nitrogens with zero attached hydrogens (tertiary/aromatic N) is 7. The van der Waals surface area contributed by atoms with E-state index in [4.69, 9.17) is 10.5 Å². The Morgan fingerprint density at radius 1 is 0.882 bits per heavy atom. The average molecular weight is 1060 g/mol. The second kappa shape index (κ2) is 25.2. The highest BCUT2D eigenvalue weighted by molar-refractivity contribution is 7.13. The van der Waals surface area contributed by atoms with E-state index in [9.17, 15) is 29.1 Å². The van der Waals surface area contributed by atoms with Gasteiger partial charge < -0.3 is 47.1 Å². The summed E-state index contributed by atoms with van der Waals surface area (Å²) in [7, 11) is 4.87. The molecule has 5 heterocycles.